The lowest BCUT2D eigenvalue weighted by Gasteiger charge is -2.39. The molecular formula is C8H10FN5O. The first-order chi connectivity index (χ1) is 7.09. The molecule has 0 radical (unpaired) electrons. The number of hydrogen-bond acceptors (Lipinski definition) is 5. The highest BCUT2D eigenvalue weighted by atomic mass is 19.1. The summed E-state index contributed by atoms with van der Waals surface area (Å²) >= 11 is 0. The minimum absolute atomic E-state index is 0.234. The van der Waals surface area contributed by atoms with Crippen LogP contribution >= 0.6 is 0 Å². The smallest absolute Gasteiger partial charge is 0.310 e. The van der Waals surface area contributed by atoms with E-state index in [1.165, 1.54) is 6.20 Å². The fourth-order valence-electron chi connectivity index (χ4n) is 1.53. The van der Waals surface area contributed by atoms with E-state index in [0.29, 0.717) is 13.0 Å². The van der Waals surface area contributed by atoms with Crippen LogP contribution in [-0.2, 0) is 4.79 Å². The van der Waals surface area contributed by atoms with Crippen LogP contribution in [0.3, 0.4) is 0 Å². The molecule has 1 atom stereocenters. The molecule has 1 amide bonds. The predicted molar refractivity (Wildman–Crippen MR) is 51.3 cm³/mol. The standard InChI is InChI=1S/C8H10FN5O/c9-8-12-3-4(10)7(13-8)14-2-1-5(14)6(11)15/h3,5H,1-2,10H2,(H2,11,15). The molecule has 1 aromatic heterocycles. The maximum absolute atomic E-state index is 12.8. The Bertz CT molecular complexity index is 410. The fraction of sp³-hybridized carbons (Fsp3) is 0.375. The zero-order valence-corrected chi connectivity index (χ0v) is 7.85. The van der Waals surface area contributed by atoms with Gasteiger partial charge < -0.3 is 16.4 Å². The minimum Gasteiger partial charge on any atom is -0.394 e. The third kappa shape index (κ3) is 1.56. The van der Waals surface area contributed by atoms with Crippen LogP contribution in [0.1, 0.15) is 6.42 Å². The van der Waals surface area contributed by atoms with Gasteiger partial charge in [-0.15, -0.1) is 0 Å². The van der Waals surface area contributed by atoms with Crippen molar-refractivity contribution in [2.45, 2.75) is 12.5 Å². The second-order valence-corrected chi connectivity index (χ2v) is 3.32. The van der Waals surface area contributed by atoms with Gasteiger partial charge in [-0.25, -0.2) is 4.98 Å². The Morgan fingerprint density at radius 3 is 2.93 bits per heavy atom. The molecule has 1 unspecified atom stereocenters. The SMILES string of the molecule is NC(=O)C1CCN1c1nc(F)ncc1N. The normalized spacial score (nSPS) is 19.8. The van der Waals surface area contributed by atoms with Gasteiger partial charge in [-0.05, 0) is 6.42 Å². The highest BCUT2D eigenvalue weighted by Gasteiger charge is 2.34. The maximum Gasteiger partial charge on any atom is 0.310 e. The summed E-state index contributed by atoms with van der Waals surface area (Å²) in [6.07, 6.45) is 0.948. The summed E-state index contributed by atoms with van der Waals surface area (Å²) in [7, 11) is 0. The van der Waals surface area contributed by atoms with Gasteiger partial charge in [-0.3, -0.25) is 4.79 Å². The fourth-order valence-corrected chi connectivity index (χ4v) is 1.53. The summed E-state index contributed by atoms with van der Waals surface area (Å²) in [5.74, 6) is -0.225. The largest absolute Gasteiger partial charge is 0.394 e. The van der Waals surface area contributed by atoms with Crippen molar-refractivity contribution in [3.63, 3.8) is 0 Å². The molecular weight excluding hydrogens is 201 g/mol. The van der Waals surface area contributed by atoms with Crippen LogP contribution in [0.2, 0.25) is 0 Å². The van der Waals surface area contributed by atoms with Crippen molar-refractivity contribution in [1.29, 1.82) is 0 Å². The highest BCUT2D eigenvalue weighted by molar-refractivity contribution is 5.86. The van der Waals surface area contributed by atoms with Crippen LogP contribution in [0.25, 0.3) is 0 Å². The van der Waals surface area contributed by atoms with Crippen molar-refractivity contribution >= 4 is 17.4 Å². The summed E-state index contributed by atoms with van der Waals surface area (Å²) in [6, 6.07) is -0.443. The Morgan fingerprint density at radius 2 is 2.40 bits per heavy atom. The average molecular weight is 211 g/mol. The number of nitrogen functional groups attached to an aromatic ring is 1. The third-order valence-electron chi connectivity index (χ3n) is 2.39. The van der Waals surface area contributed by atoms with Gasteiger partial charge in [0.2, 0.25) is 5.91 Å². The lowest BCUT2D eigenvalue weighted by atomic mass is 10.0. The Labute approximate surface area is 85.1 Å². The predicted octanol–water partition coefficient (Wildman–Crippen LogP) is -0.738. The van der Waals surface area contributed by atoms with Crippen LogP contribution in [0.15, 0.2) is 6.20 Å². The van der Waals surface area contributed by atoms with Crippen LogP contribution in [0.5, 0.6) is 0 Å². The van der Waals surface area contributed by atoms with Crippen LogP contribution < -0.4 is 16.4 Å². The average Bonchev–Trinajstić information content (AvgIpc) is 2.08. The minimum atomic E-state index is -0.866. The molecule has 0 bridgehead atoms. The molecule has 0 saturated carbocycles. The summed E-state index contributed by atoms with van der Waals surface area (Å²) < 4.78 is 12.8. The summed E-state index contributed by atoms with van der Waals surface area (Å²) in [5.41, 5.74) is 11.0. The van der Waals surface area contributed by atoms with E-state index in [9.17, 15) is 9.18 Å². The van der Waals surface area contributed by atoms with Crippen LogP contribution in [0.4, 0.5) is 15.9 Å². The van der Waals surface area contributed by atoms with E-state index >= 15 is 0 Å². The number of nitrogens with zero attached hydrogens (tertiary/aromatic N) is 3. The molecule has 80 valence electrons. The Kier molecular flexibility index (Phi) is 2.14. The molecule has 2 heterocycles. The van der Waals surface area contributed by atoms with Crippen LogP contribution in [-0.4, -0.2) is 28.5 Å². The molecule has 0 aromatic carbocycles. The van der Waals surface area contributed by atoms with Gasteiger partial charge in [0.05, 0.1) is 11.9 Å². The molecule has 0 spiro atoms. The third-order valence-corrected chi connectivity index (χ3v) is 2.39. The number of nitrogens with two attached hydrogens (primary N) is 2. The van der Waals surface area contributed by atoms with E-state index < -0.39 is 18.0 Å². The maximum atomic E-state index is 12.8. The molecule has 4 N–H and O–H groups in total. The second-order valence-electron chi connectivity index (χ2n) is 3.32. The molecule has 1 aliphatic rings. The van der Waals surface area contributed by atoms with E-state index in [2.05, 4.69) is 9.97 Å². The second kappa shape index (κ2) is 3.34. The van der Waals surface area contributed by atoms with Crippen molar-refractivity contribution in [2.75, 3.05) is 17.2 Å². The lowest BCUT2D eigenvalue weighted by molar-refractivity contribution is -0.120. The number of aromatic nitrogens is 2. The summed E-state index contributed by atoms with van der Waals surface area (Å²) in [5, 5.41) is 0. The number of amides is 1. The van der Waals surface area contributed by atoms with Gasteiger partial charge in [0.15, 0.2) is 5.82 Å². The molecule has 1 saturated heterocycles. The van der Waals surface area contributed by atoms with Gasteiger partial charge in [0, 0.05) is 6.54 Å². The van der Waals surface area contributed by atoms with Crippen LogP contribution in [0, 0.1) is 6.08 Å². The number of anilines is 2. The summed E-state index contributed by atoms with van der Waals surface area (Å²) in [6.45, 7) is 0.592. The van der Waals surface area contributed by atoms with E-state index in [4.69, 9.17) is 11.5 Å². The van der Waals surface area contributed by atoms with E-state index in [1.807, 2.05) is 0 Å². The van der Waals surface area contributed by atoms with Gasteiger partial charge in [0.25, 0.3) is 0 Å². The van der Waals surface area contributed by atoms with Gasteiger partial charge >= 0.3 is 6.08 Å². The first-order valence-electron chi connectivity index (χ1n) is 4.43. The molecule has 1 fully saturated rings. The lowest BCUT2D eigenvalue weighted by Crippen LogP contribution is -2.55. The van der Waals surface area contributed by atoms with E-state index in [0.717, 1.165) is 0 Å². The molecule has 0 aliphatic carbocycles. The van der Waals surface area contributed by atoms with Gasteiger partial charge in [0.1, 0.15) is 6.04 Å². The quantitative estimate of drug-likeness (QED) is 0.628. The zero-order chi connectivity index (χ0) is 11.0. The molecule has 7 heteroatoms. The number of halogens is 1. The van der Waals surface area contributed by atoms with Crippen molar-refractivity contribution in [3.05, 3.63) is 12.3 Å². The topological polar surface area (TPSA) is 98.1 Å². The zero-order valence-electron chi connectivity index (χ0n) is 7.85. The number of carbonyl (C=O) groups is 1. The van der Waals surface area contributed by atoms with E-state index in [1.54, 1.807) is 4.90 Å². The highest BCUT2D eigenvalue weighted by Crippen LogP contribution is 2.28. The van der Waals surface area contributed by atoms with Crippen molar-refractivity contribution in [1.82, 2.24) is 9.97 Å². The molecule has 15 heavy (non-hydrogen) atoms. The van der Waals surface area contributed by atoms with E-state index in [-0.39, 0.29) is 11.5 Å². The van der Waals surface area contributed by atoms with Gasteiger partial charge in [-0.2, -0.15) is 9.37 Å². The first kappa shape index (κ1) is 9.63. The monoisotopic (exact) mass is 211 g/mol. The molecule has 6 nitrogen and oxygen atoms in total. The van der Waals surface area contributed by atoms with Crippen molar-refractivity contribution in [3.8, 4) is 0 Å². The van der Waals surface area contributed by atoms with Crippen molar-refractivity contribution in [2.24, 2.45) is 5.73 Å². The Morgan fingerprint density at radius 1 is 1.67 bits per heavy atom. The number of rotatable bonds is 2. The number of carbonyl (C=O) groups excluding carboxylic acids is 1. The Balaban J connectivity index is 2.30. The Hall–Kier alpha value is -1.92. The molecule has 1 aliphatic heterocycles. The number of primary amides is 1. The van der Waals surface area contributed by atoms with Crippen molar-refractivity contribution < 1.29 is 9.18 Å². The number of hydrogen-bond donors (Lipinski definition) is 2. The first-order valence-corrected chi connectivity index (χ1v) is 4.43. The summed E-state index contributed by atoms with van der Waals surface area (Å²) in [4.78, 5) is 19.4. The molecule has 1 aromatic rings. The molecule has 2 rings (SSSR count). The van der Waals surface area contributed by atoms with Gasteiger partial charge in [-0.1, -0.05) is 0 Å².